The largest absolute Gasteiger partial charge is 0.495 e. The number of methoxy groups -OCH3 is 2. The van der Waals surface area contributed by atoms with Crippen LogP contribution in [0.4, 0.5) is 33.5 Å². The van der Waals surface area contributed by atoms with Gasteiger partial charge in [-0.25, -0.2) is 14.8 Å². The van der Waals surface area contributed by atoms with Crippen molar-refractivity contribution in [3.63, 3.8) is 0 Å². The molecule has 3 rings (SSSR count). The molecule has 212 valence electrons. The van der Waals surface area contributed by atoms with Gasteiger partial charge in [0.25, 0.3) is 0 Å². The number of nitrogens with zero attached hydrogens (tertiary/aromatic N) is 4. The molecule has 0 aliphatic heterocycles. The maximum Gasteiger partial charge on any atom is 0.327 e. The molecule has 1 aromatic heterocycles. The average Bonchev–Trinajstić information content (AvgIpc) is 2.95. The van der Waals surface area contributed by atoms with Crippen molar-refractivity contribution < 1.29 is 19.1 Å². The number of hydrogen-bond donors (Lipinski definition) is 3. The fourth-order valence-corrected chi connectivity index (χ4v) is 4.12. The van der Waals surface area contributed by atoms with Crippen LogP contribution in [0.3, 0.4) is 0 Å². The van der Waals surface area contributed by atoms with Crippen molar-refractivity contribution in [3.8, 4) is 11.5 Å². The number of likely N-dealkylation sites (N-methyl/N-ethyl adjacent to an activating group) is 1. The van der Waals surface area contributed by atoms with E-state index in [0.29, 0.717) is 17.2 Å². The zero-order chi connectivity index (χ0) is 29.4. The van der Waals surface area contributed by atoms with Gasteiger partial charge in [-0.05, 0) is 44.3 Å². The van der Waals surface area contributed by atoms with Crippen LogP contribution in [0.1, 0.15) is 5.56 Å². The van der Waals surface area contributed by atoms with Crippen molar-refractivity contribution in [1.29, 1.82) is 0 Å². The minimum atomic E-state index is -0.576. The summed E-state index contributed by atoms with van der Waals surface area (Å²) in [6.07, 6.45) is 3.31. The molecular formula is C27H31Cl2N7O4. The number of benzene rings is 2. The molecule has 13 heteroatoms. The van der Waals surface area contributed by atoms with Gasteiger partial charge in [0.15, 0.2) is 0 Å². The van der Waals surface area contributed by atoms with Gasteiger partial charge < -0.3 is 30.3 Å². The maximum atomic E-state index is 13.1. The van der Waals surface area contributed by atoms with E-state index in [0.717, 1.165) is 18.5 Å². The number of aromatic nitrogens is 2. The Balaban J connectivity index is 1.85. The highest BCUT2D eigenvalue weighted by Gasteiger charge is 2.22. The summed E-state index contributed by atoms with van der Waals surface area (Å²) >= 11 is 12.8. The van der Waals surface area contributed by atoms with Crippen molar-refractivity contribution >= 4 is 63.8 Å². The summed E-state index contributed by atoms with van der Waals surface area (Å²) in [4.78, 5) is 37.0. The number of carbonyl (C=O) groups excluding carboxylic acids is 2. The predicted octanol–water partition coefficient (Wildman–Crippen LogP) is 5.44. The molecule has 0 spiro atoms. The molecule has 40 heavy (non-hydrogen) atoms. The van der Waals surface area contributed by atoms with Crippen LogP contribution < -0.4 is 30.3 Å². The summed E-state index contributed by atoms with van der Waals surface area (Å²) in [7, 11) is 8.39. The van der Waals surface area contributed by atoms with Crippen LogP contribution in [-0.2, 0) is 11.2 Å². The van der Waals surface area contributed by atoms with E-state index in [2.05, 4.69) is 37.4 Å². The van der Waals surface area contributed by atoms with Crippen molar-refractivity contribution in [1.82, 2.24) is 14.9 Å². The molecule has 3 amide bonds. The topological polar surface area (TPSA) is 121 Å². The van der Waals surface area contributed by atoms with Gasteiger partial charge in [0.2, 0.25) is 5.91 Å². The molecule has 11 nitrogen and oxygen atoms in total. The number of amides is 3. The van der Waals surface area contributed by atoms with Crippen LogP contribution in [0.5, 0.6) is 11.5 Å². The van der Waals surface area contributed by atoms with Crippen LogP contribution in [0.15, 0.2) is 49.3 Å². The Morgan fingerprint density at radius 1 is 0.975 bits per heavy atom. The number of halogens is 2. The Kier molecular flexibility index (Phi) is 10.5. The first-order valence-corrected chi connectivity index (χ1v) is 12.8. The van der Waals surface area contributed by atoms with Crippen LogP contribution in [0.2, 0.25) is 10.0 Å². The maximum absolute atomic E-state index is 13.1. The zero-order valence-electron chi connectivity index (χ0n) is 22.8. The number of hydrogen-bond acceptors (Lipinski definition) is 8. The summed E-state index contributed by atoms with van der Waals surface area (Å²) < 4.78 is 10.5. The second-order valence-electron chi connectivity index (χ2n) is 8.79. The van der Waals surface area contributed by atoms with Crippen LogP contribution in [0.25, 0.3) is 0 Å². The molecule has 0 saturated carbocycles. The van der Waals surface area contributed by atoms with Gasteiger partial charge in [0.05, 0.1) is 31.3 Å². The predicted molar refractivity (Wildman–Crippen MR) is 160 cm³/mol. The number of rotatable bonds is 11. The normalized spacial score (nSPS) is 10.6. The van der Waals surface area contributed by atoms with Crippen LogP contribution >= 0.6 is 23.2 Å². The van der Waals surface area contributed by atoms with Gasteiger partial charge in [-0.2, -0.15) is 0 Å². The minimum absolute atomic E-state index is 0.114. The third-order valence-corrected chi connectivity index (χ3v) is 6.49. The molecule has 0 bridgehead atoms. The van der Waals surface area contributed by atoms with E-state index >= 15 is 0 Å². The average molecular weight is 588 g/mol. The number of anilines is 5. The number of urea groups is 1. The van der Waals surface area contributed by atoms with Gasteiger partial charge >= 0.3 is 6.03 Å². The van der Waals surface area contributed by atoms with Crippen molar-refractivity contribution in [2.24, 2.45) is 0 Å². The highest BCUT2D eigenvalue weighted by molar-refractivity contribution is 6.41. The Morgan fingerprint density at radius 3 is 2.25 bits per heavy atom. The molecule has 0 aliphatic carbocycles. The van der Waals surface area contributed by atoms with E-state index in [1.165, 1.54) is 44.6 Å². The van der Waals surface area contributed by atoms with Crippen LogP contribution in [-0.4, -0.2) is 68.7 Å². The fourth-order valence-electron chi connectivity index (χ4n) is 3.52. The Morgan fingerprint density at radius 2 is 1.65 bits per heavy atom. The monoisotopic (exact) mass is 587 g/mol. The quantitative estimate of drug-likeness (QED) is 0.253. The first kappa shape index (κ1) is 30.5. The lowest BCUT2D eigenvalue weighted by atomic mass is 10.1. The summed E-state index contributed by atoms with van der Waals surface area (Å²) in [5, 5.41) is 8.91. The van der Waals surface area contributed by atoms with Gasteiger partial charge in [-0.3, -0.25) is 9.69 Å². The Hall–Kier alpha value is -4.06. The Labute approximate surface area is 243 Å². The molecular weight excluding hydrogens is 557 g/mol. The standard InChI is InChI=1S/C27H31Cl2N7O4/c1-7-23(37)33-18-12-16(10-11-35(2)3)8-9-17(18)32-21-14-22(31-15-30-21)36(4)27(38)34-26-24(28)19(39-5)13-20(40-6)25(26)29/h7-9,12-15H,1,10-11H2,2-6H3,(H,33,37)(H,34,38)(H,30,31,32). The molecule has 0 radical (unpaired) electrons. The summed E-state index contributed by atoms with van der Waals surface area (Å²) in [5.74, 6) is 0.873. The first-order chi connectivity index (χ1) is 19.1. The van der Waals surface area contributed by atoms with Gasteiger partial charge in [0, 0.05) is 25.7 Å². The van der Waals surface area contributed by atoms with E-state index in [1.54, 1.807) is 6.07 Å². The Bertz CT molecular complexity index is 1370. The van der Waals surface area contributed by atoms with Crippen molar-refractivity contribution in [2.45, 2.75) is 6.42 Å². The lowest BCUT2D eigenvalue weighted by Crippen LogP contribution is -2.32. The van der Waals surface area contributed by atoms with Crippen LogP contribution in [0, 0.1) is 0 Å². The molecule has 0 aliphatic rings. The van der Waals surface area contributed by atoms with Gasteiger partial charge in [-0.15, -0.1) is 0 Å². The smallest absolute Gasteiger partial charge is 0.327 e. The second kappa shape index (κ2) is 13.8. The second-order valence-corrected chi connectivity index (χ2v) is 9.54. The van der Waals surface area contributed by atoms with Crippen molar-refractivity contribution in [2.75, 3.05) is 62.8 Å². The first-order valence-electron chi connectivity index (χ1n) is 12.0. The van der Waals surface area contributed by atoms with E-state index in [9.17, 15) is 9.59 Å². The molecule has 0 atom stereocenters. The van der Waals surface area contributed by atoms with E-state index in [1.807, 2.05) is 32.3 Å². The van der Waals surface area contributed by atoms with E-state index < -0.39 is 6.03 Å². The summed E-state index contributed by atoms with van der Waals surface area (Å²) in [6.45, 7) is 4.38. The zero-order valence-corrected chi connectivity index (χ0v) is 24.4. The number of ether oxygens (including phenoxy) is 2. The molecule has 0 fully saturated rings. The summed E-state index contributed by atoms with van der Waals surface area (Å²) in [5.41, 5.74) is 2.33. The molecule has 3 N–H and O–H groups in total. The highest BCUT2D eigenvalue weighted by atomic mass is 35.5. The molecule has 0 unspecified atom stereocenters. The third-order valence-electron chi connectivity index (χ3n) is 5.74. The van der Waals surface area contributed by atoms with Gasteiger partial charge in [-0.1, -0.05) is 35.8 Å². The molecule has 3 aromatic rings. The lowest BCUT2D eigenvalue weighted by molar-refractivity contribution is -0.111. The van der Waals surface area contributed by atoms with Crippen molar-refractivity contribution in [3.05, 3.63) is 64.9 Å². The highest BCUT2D eigenvalue weighted by Crippen LogP contribution is 2.44. The fraction of sp³-hybridized carbons (Fsp3) is 0.259. The SMILES string of the molecule is C=CC(=O)Nc1cc(CCN(C)C)ccc1Nc1cc(N(C)C(=O)Nc2c(Cl)c(OC)cc(OC)c2Cl)ncn1. The lowest BCUT2D eigenvalue weighted by Gasteiger charge is -2.20. The minimum Gasteiger partial charge on any atom is -0.495 e. The number of nitrogens with one attached hydrogen (secondary N) is 3. The number of carbonyl (C=O) groups is 2. The summed E-state index contributed by atoms with van der Waals surface area (Å²) in [6, 6.07) is 8.23. The van der Waals surface area contributed by atoms with E-state index in [4.69, 9.17) is 32.7 Å². The molecule has 0 saturated heterocycles. The molecule has 2 aromatic carbocycles. The van der Waals surface area contributed by atoms with Gasteiger partial charge in [0.1, 0.15) is 39.5 Å². The third kappa shape index (κ3) is 7.53. The van der Waals surface area contributed by atoms with E-state index in [-0.39, 0.29) is 39.0 Å². The molecule has 1 heterocycles.